The van der Waals surface area contributed by atoms with Gasteiger partial charge in [0.2, 0.25) is 0 Å². The summed E-state index contributed by atoms with van der Waals surface area (Å²) >= 11 is 2.23. The number of halogens is 1. The molecule has 0 unspecified atom stereocenters. The van der Waals surface area contributed by atoms with E-state index in [2.05, 4.69) is 27.9 Å². The lowest BCUT2D eigenvalue weighted by Crippen LogP contribution is -2.17. The fourth-order valence-corrected chi connectivity index (χ4v) is 2.38. The van der Waals surface area contributed by atoms with E-state index in [1.807, 2.05) is 19.1 Å². The van der Waals surface area contributed by atoms with E-state index in [9.17, 15) is 0 Å². The van der Waals surface area contributed by atoms with Gasteiger partial charge in [-0.05, 0) is 47.2 Å². The minimum absolute atomic E-state index is 0.144. The Kier molecular flexibility index (Phi) is 6.61. The van der Waals surface area contributed by atoms with E-state index in [-0.39, 0.29) is 6.61 Å². The smallest absolute Gasteiger partial charge is 0.174 e. The third-order valence-corrected chi connectivity index (χ3v) is 2.99. The van der Waals surface area contributed by atoms with E-state index in [1.54, 1.807) is 7.11 Å². The number of ether oxygens (including phenoxy) is 2. The van der Waals surface area contributed by atoms with Crippen molar-refractivity contribution in [3.8, 4) is 11.5 Å². The predicted octanol–water partition coefficient (Wildman–Crippen LogP) is 1.78. The fraction of sp³-hybridized carbons (Fsp3) is 0.500. The first kappa shape index (κ1) is 14.5. The highest BCUT2D eigenvalue weighted by Crippen LogP contribution is 2.33. The summed E-state index contributed by atoms with van der Waals surface area (Å²) in [7, 11) is 1.64. The number of nitrogens with one attached hydrogen (secondary N) is 1. The maximum Gasteiger partial charge on any atom is 0.174 e. The molecule has 2 N–H and O–H groups in total. The number of hydrogen-bond donors (Lipinski definition) is 2. The molecule has 0 saturated carbocycles. The monoisotopic (exact) mass is 351 g/mol. The Morgan fingerprint density at radius 2 is 2.18 bits per heavy atom. The van der Waals surface area contributed by atoms with Crippen LogP contribution in [0.1, 0.15) is 12.5 Å². The zero-order chi connectivity index (χ0) is 12.7. The summed E-state index contributed by atoms with van der Waals surface area (Å²) in [5.41, 5.74) is 1.12. The van der Waals surface area contributed by atoms with Gasteiger partial charge >= 0.3 is 0 Å². The molecule has 0 atom stereocenters. The quantitative estimate of drug-likeness (QED) is 0.581. The van der Waals surface area contributed by atoms with Crippen molar-refractivity contribution >= 4 is 22.6 Å². The number of rotatable bonds is 7. The minimum atomic E-state index is 0.144. The summed E-state index contributed by atoms with van der Waals surface area (Å²) < 4.78 is 11.9. The number of hydrogen-bond acceptors (Lipinski definition) is 4. The van der Waals surface area contributed by atoms with E-state index in [1.165, 1.54) is 0 Å². The molecule has 96 valence electrons. The zero-order valence-corrected chi connectivity index (χ0v) is 12.3. The first-order valence-electron chi connectivity index (χ1n) is 5.53. The molecule has 1 rings (SSSR count). The van der Waals surface area contributed by atoms with E-state index in [0.717, 1.165) is 20.6 Å². The second kappa shape index (κ2) is 7.73. The van der Waals surface area contributed by atoms with E-state index < -0.39 is 0 Å². The second-order valence-corrected chi connectivity index (χ2v) is 4.60. The summed E-state index contributed by atoms with van der Waals surface area (Å²) in [5, 5.41) is 11.8. The lowest BCUT2D eigenvalue weighted by atomic mass is 10.2. The Hall–Kier alpha value is -0.530. The molecule has 4 nitrogen and oxygen atoms in total. The minimum Gasteiger partial charge on any atom is -0.492 e. The van der Waals surface area contributed by atoms with Gasteiger partial charge < -0.3 is 19.9 Å². The molecule has 0 spiro atoms. The van der Waals surface area contributed by atoms with Crippen molar-refractivity contribution in [2.75, 3.05) is 26.9 Å². The number of methoxy groups -OCH3 is 1. The Labute approximate surface area is 115 Å². The van der Waals surface area contributed by atoms with E-state index in [0.29, 0.717) is 19.7 Å². The maximum absolute atomic E-state index is 8.71. The van der Waals surface area contributed by atoms with Crippen molar-refractivity contribution in [1.82, 2.24) is 5.32 Å². The third kappa shape index (κ3) is 4.33. The van der Waals surface area contributed by atoms with Crippen molar-refractivity contribution in [2.24, 2.45) is 0 Å². The largest absolute Gasteiger partial charge is 0.492 e. The average Bonchev–Trinajstić information content (AvgIpc) is 2.30. The summed E-state index contributed by atoms with van der Waals surface area (Å²) in [5.74, 6) is 1.54. The molecule has 0 heterocycles. The molecule has 1 aromatic carbocycles. The number of benzene rings is 1. The molecule has 0 saturated heterocycles. The van der Waals surface area contributed by atoms with Crippen LogP contribution in [0.15, 0.2) is 12.1 Å². The van der Waals surface area contributed by atoms with Gasteiger partial charge in [-0.3, -0.25) is 0 Å². The molecule has 0 amide bonds. The lowest BCUT2D eigenvalue weighted by molar-refractivity contribution is 0.291. The SMILES string of the molecule is CCOc1cc(CNCCO)cc(I)c1OC. The molecule has 1 aromatic rings. The fourth-order valence-electron chi connectivity index (χ4n) is 1.50. The Bertz CT molecular complexity index is 358. The summed E-state index contributed by atoms with van der Waals surface area (Å²) in [6.07, 6.45) is 0. The maximum atomic E-state index is 8.71. The molecule has 5 heteroatoms. The Morgan fingerprint density at radius 1 is 1.41 bits per heavy atom. The molecule has 0 aliphatic heterocycles. The van der Waals surface area contributed by atoms with E-state index >= 15 is 0 Å². The molecule has 0 aliphatic rings. The van der Waals surface area contributed by atoms with Gasteiger partial charge in [-0.2, -0.15) is 0 Å². The highest BCUT2D eigenvalue weighted by Gasteiger charge is 2.10. The average molecular weight is 351 g/mol. The lowest BCUT2D eigenvalue weighted by Gasteiger charge is -2.13. The third-order valence-electron chi connectivity index (χ3n) is 2.19. The zero-order valence-electron chi connectivity index (χ0n) is 10.1. The van der Waals surface area contributed by atoms with Gasteiger partial charge in [-0.25, -0.2) is 0 Å². The van der Waals surface area contributed by atoms with Gasteiger partial charge in [0, 0.05) is 13.1 Å². The number of aliphatic hydroxyl groups is 1. The highest BCUT2D eigenvalue weighted by atomic mass is 127. The number of aliphatic hydroxyl groups excluding tert-OH is 1. The van der Waals surface area contributed by atoms with Gasteiger partial charge in [-0.15, -0.1) is 0 Å². The van der Waals surface area contributed by atoms with Gasteiger partial charge in [0.15, 0.2) is 11.5 Å². The van der Waals surface area contributed by atoms with Gasteiger partial charge in [0.25, 0.3) is 0 Å². The van der Waals surface area contributed by atoms with Crippen LogP contribution in [0, 0.1) is 3.57 Å². The van der Waals surface area contributed by atoms with Crippen LogP contribution in [0.4, 0.5) is 0 Å². The van der Waals surface area contributed by atoms with Crippen LogP contribution >= 0.6 is 22.6 Å². The first-order valence-corrected chi connectivity index (χ1v) is 6.61. The van der Waals surface area contributed by atoms with Crippen LogP contribution in [-0.2, 0) is 6.54 Å². The molecular formula is C12H18INO3. The standard InChI is InChI=1S/C12H18INO3/c1-3-17-11-7-9(8-14-4-5-15)6-10(13)12(11)16-2/h6-7,14-15H,3-5,8H2,1-2H3. The molecule has 0 aromatic heterocycles. The molecule has 0 fully saturated rings. The summed E-state index contributed by atoms with van der Waals surface area (Å²) in [6.45, 7) is 4.00. The normalized spacial score (nSPS) is 10.4. The van der Waals surface area contributed by atoms with E-state index in [4.69, 9.17) is 14.6 Å². The van der Waals surface area contributed by atoms with Crippen LogP contribution in [0.5, 0.6) is 11.5 Å². The second-order valence-electron chi connectivity index (χ2n) is 3.44. The van der Waals surface area contributed by atoms with Crippen LogP contribution in [0.2, 0.25) is 0 Å². The van der Waals surface area contributed by atoms with Crippen molar-refractivity contribution in [1.29, 1.82) is 0 Å². The molecule has 0 aliphatic carbocycles. The molecule has 0 bridgehead atoms. The van der Waals surface area contributed by atoms with Gasteiger partial charge in [0.05, 0.1) is 23.9 Å². The van der Waals surface area contributed by atoms with Crippen LogP contribution < -0.4 is 14.8 Å². The van der Waals surface area contributed by atoms with Crippen molar-refractivity contribution in [2.45, 2.75) is 13.5 Å². The predicted molar refractivity (Wildman–Crippen MR) is 75.7 cm³/mol. The molecule has 0 radical (unpaired) electrons. The molecule has 17 heavy (non-hydrogen) atoms. The Morgan fingerprint density at radius 3 is 2.76 bits per heavy atom. The van der Waals surface area contributed by atoms with Crippen molar-refractivity contribution in [3.63, 3.8) is 0 Å². The van der Waals surface area contributed by atoms with Crippen molar-refractivity contribution in [3.05, 3.63) is 21.3 Å². The summed E-state index contributed by atoms with van der Waals surface area (Å²) in [6, 6.07) is 4.02. The Balaban J connectivity index is 2.85. The van der Waals surface area contributed by atoms with Crippen LogP contribution in [-0.4, -0.2) is 32.0 Å². The topological polar surface area (TPSA) is 50.7 Å². The van der Waals surface area contributed by atoms with Crippen LogP contribution in [0.25, 0.3) is 0 Å². The van der Waals surface area contributed by atoms with Crippen LogP contribution in [0.3, 0.4) is 0 Å². The van der Waals surface area contributed by atoms with Crippen molar-refractivity contribution < 1.29 is 14.6 Å². The summed E-state index contributed by atoms with van der Waals surface area (Å²) in [4.78, 5) is 0. The molecular weight excluding hydrogens is 333 g/mol. The highest BCUT2D eigenvalue weighted by molar-refractivity contribution is 14.1. The van der Waals surface area contributed by atoms with Gasteiger partial charge in [0.1, 0.15) is 0 Å². The first-order chi connectivity index (χ1) is 8.22. The van der Waals surface area contributed by atoms with Gasteiger partial charge in [-0.1, -0.05) is 0 Å².